The minimum atomic E-state index is 0.365. The van der Waals surface area contributed by atoms with Gasteiger partial charge < -0.3 is 9.64 Å². The second-order valence-corrected chi connectivity index (χ2v) is 3.67. The Hall–Kier alpha value is -1.16. The van der Waals surface area contributed by atoms with Crippen LogP contribution in [0.2, 0.25) is 0 Å². The van der Waals surface area contributed by atoms with E-state index in [1.54, 1.807) is 13.4 Å². The number of rotatable bonds is 2. The molecule has 0 aliphatic carbocycles. The van der Waals surface area contributed by atoms with Crippen LogP contribution in [0.5, 0.6) is 0 Å². The maximum Gasteiger partial charge on any atom is 0.135 e. The van der Waals surface area contributed by atoms with Crippen LogP contribution in [-0.4, -0.2) is 36.3 Å². The van der Waals surface area contributed by atoms with E-state index in [2.05, 4.69) is 21.8 Å². The molecular formula is C10H15N3O. The van der Waals surface area contributed by atoms with Crippen molar-refractivity contribution in [2.24, 2.45) is 0 Å². The van der Waals surface area contributed by atoms with E-state index in [1.807, 2.05) is 6.92 Å². The van der Waals surface area contributed by atoms with Gasteiger partial charge in [0.15, 0.2) is 0 Å². The van der Waals surface area contributed by atoms with Crippen LogP contribution >= 0.6 is 0 Å². The quantitative estimate of drug-likeness (QED) is 0.700. The minimum absolute atomic E-state index is 0.365. The Bertz CT molecular complexity index is 334. The van der Waals surface area contributed by atoms with Gasteiger partial charge in [-0.3, -0.25) is 0 Å². The zero-order chi connectivity index (χ0) is 10.1. The summed E-state index contributed by atoms with van der Waals surface area (Å²) in [6.07, 6.45) is 1.99. The van der Waals surface area contributed by atoms with Gasteiger partial charge in [-0.05, 0) is 13.8 Å². The summed E-state index contributed by atoms with van der Waals surface area (Å²) in [5.41, 5.74) is 2.22. The molecule has 1 aromatic heterocycles. The molecule has 0 bridgehead atoms. The zero-order valence-corrected chi connectivity index (χ0v) is 8.82. The highest BCUT2D eigenvalue weighted by atomic mass is 16.5. The molecule has 76 valence electrons. The lowest BCUT2D eigenvalue weighted by Crippen LogP contribution is -2.52. The number of methoxy groups -OCH3 is 1. The zero-order valence-electron chi connectivity index (χ0n) is 8.82. The Morgan fingerprint density at radius 1 is 1.36 bits per heavy atom. The Morgan fingerprint density at radius 3 is 2.71 bits per heavy atom. The average molecular weight is 193 g/mol. The number of nitrogens with zero attached hydrogens (tertiary/aromatic N) is 3. The lowest BCUT2D eigenvalue weighted by atomic mass is 10.1. The largest absolute Gasteiger partial charge is 0.378 e. The van der Waals surface area contributed by atoms with E-state index in [4.69, 9.17) is 4.74 Å². The normalized spacial score (nSPS) is 16.9. The number of aryl methyl sites for hydroxylation is 1. The SMILES string of the molecule is COC1CN(c2ncnc(C)c2C)C1. The number of ether oxygens (including phenoxy) is 1. The van der Waals surface area contributed by atoms with Crippen LogP contribution in [-0.2, 0) is 4.74 Å². The monoisotopic (exact) mass is 193 g/mol. The number of aromatic nitrogens is 2. The summed E-state index contributed by atoms with van der Waals surface area (Å²) in [7, 11) is 1.75. The summed E-state index contributed by atoms with van der Waals surface area (Å²) >= 11 is 0. The first-order valence-electron chi connectivity index (χ1n) is 4.78. The number of hydrogen-bond donors (Lipinski definition) is 0. The molecule has 0 aromatic carbocycles. The maximum absolute atomic E-state index is 5.22. The molecule has 0 amide bonds. The predicted octanol–water partition coefficient (Wildman–Crippen LogP) is 0.928. The van der Waals surface area contributed by atoms with Gasteiger partial charge in [0.05, 0.1) is 6.10 Å². The summed E-state index contributed by atoms with van der Waals surface area (Å²) in [5, 5.41) is 0. The third-order valence-electron chi connectivity index (χ3n) is 2.79. The van der Waals surface area contributed by atoms with E-state index in [0.29, 0.717) is 6.10 Å². The Kier molecular flexibility index (Phi) is 2.37. The maximum atomic E-state index is 5.22. The van der Waals surface area contributed by atoms with Gasteiger partial charge in [0, 0.05) is 31.5 Å². The third kappa shape index (κ3) is 1.46. The molecule has 0 N–H and O–H groups in total. The van der Waals surface area contributed by atoms with Gasteiger partial charge in [-0.1, -0.05) is 0 Å². The van der Waals surface area contributed by atoms with Crippen molar-refractivity contribution in [3.8, 4) is 0 Å². The summed E-state index contributed by atoms with van der Waals surface area (Å²) in [4.78, 5) is 10.7. The molecule has 0 saturated carbocycles. The van der Waals surface area contributed by atoms with Crippen molar-refractivity contribution in [2.45, 2.75) is 20.0 Å². The van der Waals surface area contributed by atoms with Crippen molar-refractivity contribution in [1.82, 2.24) is 9.97 Å². The standard InChI is InChI=1S/C10H15N3O/c1-7-8(2)11-6-12-10(7)13-4-9(5-13)14-3/h6,9H,4-5H2,1-3H3. The molecule has 0 atom stereocenters. The Morgan fingerprint density at radius 2 is 2.07 bits per heavy atom. The third-order valence-corrected chi connectivity index (χ3v) is 2.79. The Balaban J connectivity index is 2.14. The van der Waals surface area contributed by atoms with Crippen molar-refractivity contribution >= 4 is 5.82 Å². The first-order chi connectivity index (χ1) is 6.72. The van der Waals surface area contributed by atoms with Gasteiger partial charge in [0.25, 0.3) is 0 Å². The summed E-state index contributed by atoms with van der Waals surface area (Å²) < 4.78 is 5.22. The van der Waals surface area contributed by atoms with Crippen molar-refractivity contribution in [2.75, 3.05) is 25.1 Å². The fourth-order valence-corrected chi connectivity index (χ4v) is 1.60. The van der Waals surface area contributed by atoms with Crippen LogP contribution in [0.4, 0.5) is 5.82 Å². The Labute approximate surface area is 83.9 Å². The summed E-state index contributed by atoms with van der Waals surface area (Å²) in [6.45, 7) is 5.94. The molecule has 1 aliphatic rings. The molecule has 2 rings (SSSR count). The fraction of sp³-hybridized carbons (Fsp3) is 0.600. The van der Waals surface area contributed by atoms with Gasteiger partial charge in [0.2, 0.25) is 0 Å². The molecular weight excluding hydrogens is 178 g/mol. The van der Waals surface area contributed by atoms with Crippen LogP contribution in [0.1, 0.15) is 11.3 Å². The summed E-state index contributed by atoms with van der Waals surface area (Å²) in [6, 6.07) is 0. The fourth-order valence-electron chi connectivity index (χ4n) is 1.60. The first kappa shape index (κ1) is 9.40. The average Bonchev–Trinajstić information content (AvgIpc) is 2.10. The van der Waals surface area contributed by atoms with Crippen molar-refractivity contribution < 1.29 is 4.74 Å². The van der Waals surface area contributed by atoms with Crippen LogP contribution in [0.25, 0.3) is 0 Å². The van der Waals surface area contributed by atoms with Gasteiger partial charge in [0.1, 0.15) is 12.1 Å². The molecule has 4 nitrogen and oxygen atoms in total. The molecule has 0 radical (unpaired) electrons. The molecule has 2 heterocycles. The highest BCUT2D eigenvalue weighted by molar-refractivity contribution is 5.49. The second kappa shape index (κ2) is 3.53. The molecule has 4 heteroatoms. The smallest absolute Gasteiger partial charge is 0.135 e. The highest BCUT2D eigenvalue weighted by Gasteiger charge is 2.28. The lowest BCUT2D eigenvalue weighted by molar-refractivity contribution is 0.0782. The van der Waals surface area contributed by atoms with Crippen LogP contribution in [0.3, 0.4) is 0 Å². The van der Waals surface area contributed by atoms with Crippen molar-refractivity contribution in [1.29, 1.82) is 0 Å². The minimum Gasteiger partial charge on any atom is -0.378 e. The highest BCUT2D eigenvalue weighted by Crippen LogP contribution is 2.23. The van der Waals surface area contributed by atoms with E-state index >= 15 is 0 Å². The molecule has 1 aromatic rings. The van der Waals surface area contributed by atoms with E-state index < -0.39 is 0 Å². The van der Waals surface area contributed by atoms with E-state index in [0.717, 1.165) is 24.6 Å². The van der Waals surface area contributed by atoms with E-state index in [1.165, 1.54) is 5.56 Å². The molecule has 1 aliphatic heterocycles. The van der Waals surface area contributed by atoms with E-state index in [-0.39, 0.29) is 0 Å². The summed E-state index contributed by atoms with van der Waals surface area (Å²) in [5.74, 6) is 1.05. The van der Waals surface area contributed by atoms with Gasteiger partial charge in [-0.15, -0.1) is 0 Å². The van der Waals surface area contributed by atoms with Crippen molar-refractivity contribution in [3.05, 3.63) is 17.6 Å². The van der Waals surface area contributed by atoms with E-state index in [9.17, 15) is 0 Å². The number of hydrogen-bond acceptors (Lipinski definition) is 4. The van der Waals surface area contributed by atoms with Gasteiger partial charge >= 0.3 is 0 Å². The van der Waals surface area contributed by atoms with Crippen LogP contribution in [0, 0.1) is 13.8 Å². The topological polar surface area (TPSA) is 38.2 Å². The molecule has 0 unspecified atom stereocenters. The predicted molar refractivity (Wildman–Crippen MR) is 54.5 cm³/mol. The molecule has 14 heavy (non-hydrogen) atoms. The van der Waals surface area contributed by atoms with Gasteiger partial charge in [-0.25, -0.2) is 9.97 Å². The second-order valence-electron chi connectivity index (χ2n) is 3.67. The molecule has 0 spiro atoms. The van der Waals surface area contributed by atoms with Crippen LogP contribution < -0.4 is 4.90 Å². The van der Waals surface area contributed by atoms with Gasteiger partial charge in [-0.2, -0.15) is 0 Å². The molecule has 1 saturated heterocycles. The number of anilines is 1. The van der Waals surface area contributed by atoms with Crippen molar-refractivity contribution in [3.63, 3.8) is 0 Å². The lowest BCUT2D eigenvalue weighted by Gasteiger charge is -2.39. The molecule has 1 fully saturated rings. The first-order valence-corrected chi connectivity index (χ1v) is 4.78. The van der Waals surface area contributed by atoms with Crippen LogP contribution in [0.15, 0.2) is 6.33 Å².